The number of rotatable bonds is 5. The van der Waals surface area contributed by atoms with E-state index >= 15 is 0 Å². The van der Waals surface area contributed by atoms with Crippen molar-refractivity contribution in [1.82, 2.24) is 10.6 Å². The molecule has 1 heterocycles. The van der Waals surface area contributed by atoms with Gasteiger partial charge in [0.15, 0.2) is 0 Å². The summed E-state index contributed by atoms with van der Waals surface area (Å²) in [5, 5.41) is 5.27. The van der Waals surface area contributed by atoms with Gasteiger partial charge in [-0.05, 0) is 41.8 Å². The second-order valence-electron chi connectivity index (χ2n) is 8.19. The van der Waals surface area contributed by atoms with Crippen molar-refractivity contribution >= 4 is 23.4 Å². The number of carbonyl (C=O) groups excluding carboxylic acids is 3. The molecule has 3 amide bonds. The number of halogens is 2. The van der Waals surface area contributed by atoms with Crippen molar-refractivity contribution in [3.05, 3.63) is 89.5 Å². The van der Waals surface area contributed by atoms with Crippen molar-refractivity contribution in [2.24, 2.45) is 0 Å². The van der Waals surface area contributed by atoms with Crippen molar-refractivity contribution in [3.63, 3.8) is 0 Å². The lowest BCUT2D eigenvalue weighted by Crippen LogP contribution is -2.49. The number of benzene rings is 3. The third-order valence-corrected chi connectivity index (χ3v) is 5.75. The number of nitrogens with one attached hydrogen (secondary N) is 2. The third-order valence-electron chi connectivity index (χ3n) is 5.75. The minimum absolute atomic E-state index is 0.148. The van der Waals surface area contributed by atoms with Crippen LogP contribution in [0, 0.1) is 11.6 Å². The van der Waals surface area contributed by atoms with E-state index in [-0.39, 0.29) is 17.9 Å². The molecule has 0 aromatic heterocycles. The van der Waals surface area contributed by atoms with Gasteiger partial charge in [-0.25, -0.2) is 8.78 Å². The quantitative estimate of drug-likeness (QED) is 0.608. The topological polar surface area (TPSA) is 78.5 Å². The van der Waals surface area contributed by atoms with E-state index in [1.165, 1.54) is 11.8 Å². The highest BCUT2D eigenvalue weighted by atomic mass is 19.1. The zero-order valence-corrected chi connectivity index (χ0v) is 18.6. The monoisotopic (exact) mass is 463 g/mol. The summed E-state index contributed by atoms with van der Waals surface area (Å²) >= 11 is 0. The lowest BCUT2D eigenvalue weighted by Gasteiger charge is -2.24. The molecule has 1 aliphatic heterocycles. The summed E-state index contributed by atoms with van der Waals surface area (Å²) in [4.78, 5) is 40.1. The highest BCUT2D eigenvalue weighted by molar-refractivity contribution is 6.06. The van der Waals surface area contributed by atoms with Crippen LogP contribution in [0.3, 0.4) is 0 Å². The van der Waals surface area contributed by atoms with Crippen LogP contribution in [0.1, 0.15) is 24.1 Å². The molecule has 0 saturated heterocycles. The summed E-state index contributed by atoms with van der Waals surface area (Å²) in [6.07, 6.45) is -0.296. The van der Waals surface area contributed by atoms with Gasteiger partial charge in [-0.1, -0.05) is 42.5 Å². The number of hydrogen-bond donors (Lipinski definition) is 2. The molecule has 1 aliphatic rings. The van der Waals surface area contributed by atoms with Gasteiger partial charge in [-0.2, -0.15) is 0 Å². The predicted molar refractivity (Wildman–Crippen MR) is 124 cm³/mol. The standard InChI is InChI=1S/C26H23F2N3O3/c1-15(29-23(32)13-16-11-17(27)14-18(28)12-16)25(33)30-24-21-9-4-3-7-19(21)20-8-5-6-10-22(20)31(2)26(24)34/h3-12,14-15,24H,13H2,1-2H3,(H,29,32)(H,30,33)/t15-,24-/m1/s1. The number of amides is 3. The Morgan fingerprint density at radius 2 is 1.59 bits per heavy atom. The first-order chi connectivity index (χ1) is 16.2. The first kappa shape index (κ1) is 23.1. The minimum atomic E-state index is -0.984. The summed E-state index contributed by atoms with van der Waals surface area (Å²) in [6, 6.07) is 15.7. The molecule has 2 atom stereocenters. The Hall–Kier alpha value is -4.07. The zero-order chi connectivity index (χ0) is 24.4. The van der Waals surface area contributed by atoms with Gasteiger partial charge in [0.1, 0.15) is 23.7 Å². The van der Waals surface area contributed by atoms with E-state index in [4.69, 9.17) is 0 Å². The number of fused-ring (bicyclic) bond motifs is 3. The first-order valence-electron chi connectivity index (χ1n) is 10.7. The van der Waals surface area contributed by atoms with Crippen LogP contribution in [0.25, 0.3) is 11.1 Å². The molecule has 0 aliphatic carbocycles. The van der Waals surface area contributed by atoms with E-state index < -0.39 is 35.5 Å². The molecular weight excluding hydrogens is 440 g/mol. The van der Waals surface area contributed by atoms with Gasteiger partial charge in [-0.3, -0.25) is 14.4 Å². The van der Waals surface area contributed by atoms with Crippen LogP contribution in [0.15, 0.2) is 66.7 Å². The zero-order valence-electron chi connectivity index (χ0n) is 18.6. The summed E-state index contributed by atoms with van der Waals surface area (Å²) in [7, 11) is 1.65. The van der Waals surface area contributed by atoms with Gasteiger partial charge in [-0.15, -0.1) is 0 Å². The third kappa shape index (κ3) is 4.66. The summed E-state index contributed by atoms with van der Waals surface area (Å²) in [5.41, 5.74) is 3.21. The molecule has 4 rings (SSSR count). The molecule has 0 saturated carbocycles. The molecule has 6 nitrogen and oxygen atoms in total. The van der Waals surface area contributed by atoms with E-state index in [2.05, 4.69) is 10.6 Å². The van der Waals surface area contributed by atoms with Gasteiger partial charge < -0.3 is 15.5 Å². The summed E-state index contributed by atoms with van der Waals surface area (Å²) in [6.45, 7) is 1.48. The SMILES string of the molecule is C[C@@H](NC(=O)Cc1cc(F)cc(F)c1)C(=O)N[C@H]1C(=O)N(C)c2ccccc2-c2ccccc21. The Balaban J connectivity index is 1.52. The van der Waals surface area contributed by atoms with Crippen molar-refractivity contribution in [1.29, 1.82) is 0 Å². The van der Waals surface area contributed by atoms with Gasteiger partial charge >= 0.3 is 0 Å². The average Bonchev–Trinajstić information content (AvgIpc) is 2.88. The Morgan fingerprint density at radius 1 is 0.971 bits per heavy atom. The van der Waals surface area contributed by atoms with Crippen LogP contribution < -0.4 is 15.5 Å². The van der Waals surface area contributed by atoms with Crippen LogP contribution >= 0.6 is 0 Å². The van der Waals surface area contributed by atoms with Crippen LogP contribution in [-0.4, -0.2) is 30.8 Å². The second-order valence-corrected chi connectivity index (χ2v) is 8.19. The van der Waals surface area contributed by atoms with Crippen molar-refractivity contribution in [3.8, 4) is 11.1 Å². The van der Waals surface area contributed by atoms with Gasteiger partial charge in [0.05, 0.1) is 12.1 Å². The smallest absolute Gasteiger partial charge is 0.253 e. The fourth-order valence-corrected chi connectivity index (χ4v) is 4.10. The summed E-state index contributed by atoms with van der Waals surface area (Å²) in [5.74, 6) is -3.04. The maximum Gasteiger partial charge on any atom is 0.253 e. The Kier molecular flexibility index (Phi) is 6.40. The van der Waals surface area contributed by atoms with Gasteiger partial charge in [0.2, 0.25) is 11.8 Å². The van der Waals surface area contributed by atoms with Crippen LogP contribution in [0.2, 0.25) is 0 Å². The maximum absolute atomic E-state index is 13.4. The largest absolute Gasteiger partial charge is 0.344 e. The molecule has 3 aromatic rings. The van der Waals surface area contributed by atoms with Crippen molar-refractivity contribution < 1.29 is 23.2 Å². The minimum Gasteiger partial charge on any atom is -0.344 e. The molecule has 0 bridgehead atoms. The summed E-state index contributed by atoms with van der Waals surface area (Å²) < 4.78 is 26.8. The molecule has 8 heteroatoms. The fraction of sp³-hybridized carbons (Fsp3) is 0.192. The molecule has 174 valence electrons. The number of hydrogen-bond acceptors (Lipinski definition) is 3. The van der Waals surface area contributed by atoms with E-state index in [1.54, 1.807) is 19.2 Å². The van der Waals surface area contributed by atoms with E-state index in [0.717, 1.165) is 28.9 Å². The highest BCUT2D eigenvalue weighted by Gasteiger charge is 2.34. The lowest BCUT2D eigenvalue weighted by molar-refractivity contribution is -0.130. The fourth-order valence-electron chi connectivity index (χ4n) is 4.10. The maximum atomic E-state index is 13.4. The molecular formula is C26H23F2N3O3. The molecule has 0 unspecified atom stereocenters. The van der Waals surface area contributed by atoms with Crippen molar-refractivity contribution in [2.45, 2.75) is 25.4 Å². The lowest BCUT2D eigenvalue weighted by atomic mass is 9.95. The van der Waals surface area contributed by atoms with Crippen molar-refractivity contribution in [2.75, 3.05) is 11.9 Å². The first-order valence-corrected chi connectivity index (χ1v) is 10.7. The number of carbonyl (C=O) groups is 3. The Bertz CT molecular complexity index is 1260. The van der Waals surface area contributed by atoms with Crippen LogP contribution in [-0.2, 0) is 20.8 Å². The predicted octanol–water partition coefficient (Wildman–Crippen LogP) is 3.51. The number of anilines is 1. The average molecular weight is 463 g/mol. The molecule has 34 heavy (non-hydrogen) atoms. The van der Waals surface area contributed by atoms with Crippen LogP contribution in [0.5, 0.6) is 0 Å². The van der Waals surface area contributed by atoms with Gasteiger partial charge in [0.25, 0.3) is 5.91 Å². The number of nitrogens with zero attached hydrogens (tertiary/aromatic N) is 1. The van der Waals surface area contributed by atoms with E-state index in [0.29, 0.717) is 11.6 Å². The number of likely N-dealkylation sites (N-methyl/N-ethyl adjacent to an activating group) is 1. The normalized spacial score (nSPS) is 15.6. The van der Waals surface area contributed by atoms with E-state index in [9.17, 15) is 23.2 Å². The van der Waals surface area contributed by atoms with Gasteiger partial charge in [0, 0.05) is 18.7 Å². The molecule has 3 aromatic carbocycles. The molecule has 2 N–H and O–H groups in total. The van der Waals surface area contributed by atoms with E-state index in [1.807, 2.05) is 36.4 Å². The molecule has 0 radical (unpaired) electrons. The second kappa shape index (κ2) is 9.43. The molecule has 0 fully saturated rings. The van der Waals surface area contributed by atoms with Crippen LogP contribution in [0.4, 0.5) is 14.5 Å². The Labute approximate surface area is 195 Å². The molecule has 0 spiro atoms. The highest BCUT2D eigenvalue weighted by Crippen LogP contribution is 2.39. The Morgan fingerprint density at radius 3 is 2.29 bits per heavy atom. The number of para-hydroxylation sites is 1.